The van der Waals surface area contributed by atoms with E-state index in [1.807, 2.05) is 20.8 Å². The lowest BCUT2D eigenvalue weighted by molar-refractivity contribution is -0.140. The average molecular weight is 256 g/mol. The maximum Gasteiger partial charge on any atom is 0.234 e. The van der Waals surface area contributed by atoms with Gasteiger partial charge in [-0.25, -0.2) is 0 Å². The molecule has 0 amide bonds. The maximum absolute atomic E-state index is 5.51. The summed E-state index contributed by atoms with van der Waals surface area (Å²) in [7, 11) is 0. The Labute approximate surface area is 104 Å². The van der Waals surface area contributed by atoms with E-state index in [4.69, 9.17) is 9.47 Å². The highest BCUT2D eigenvalue weighted by Crippen LogP contribution is 2.24. The predicted molar refractivity (Wildman–Crippen MR) is 64.0 cm³/mol. The van der Waals surface area contributed by atoms with Gasteiger partial charge in [0.1, 0.15) is 0 Å². The van der Waals surface area contributed by atoms with Crippen LogP contribution in [0.1, 0.15) is 37.9 Å². The third-order valence-electron chi connectivity index (χ3n) is 2.23. The summed E-state index contributed by atoms with van der Waals surface area (Å²) < 4.78 is 12.8. The standard InChI is InChI=1S/C10H16N4O2S/c1-4-7-11-12-10-14(7)13-8(17-10)9(15-5-2)16-6-3/h9H,4-6H2,1-3H3. The van der Waals surface area contributed by atoms with Crippen LogP contribution in [-0.2, 0) is 15.9 Å². The molecule has 2 heterocycles. The van der Waals surface area contributed by atoms with E-state index in [9.17, 15) is 0 Å². The van der Waals surface area contributed by atoms with Crippen molar-refractivity contribution in [3.05, 3.63) is 10.8 Å². The highest BCUT2D eigenvalue weighted by molar-refractivity contribution is 7.16. The number of aromatic nitrogens is 4. The molecule has 2 aromatic rings. The monoisotopic (exact) mass is 256 g/mol. The molecule has 0 aliphatic carbocycles. The lowest BCUT2D eigenvalue weighted by Gasteiger charge is -2.13. The van der Waals surface area contributed by atoms with Crippen LogP contribution in [0.2, 0.25) is 0 Å². The fourth-order valence-electron chi connectivity index (χ4n) is 1.48. The maximum atomic E-state index is 5.51. The Morgan fingerprint density at radius 3 is 2.47 bits per heavy atom. The molecule has 6 nitrogen and oxygen atoms in total. The summed E-state index contributed by atoms with van der Waals surface area (Å²) in [5.74, 6) is 0.856. The quantitative estimate of drug-likeness (QED) is 0.738. The Hall–Kier alpha value is -1.05. The average Bonchev–Trinajstić information content (AvgIpc) is 2.87. The molecule has 0 N–H and O–H groups in total. The Bertz CT molecular complexity index is 476. The number of ether oxygens (including phenoxy) is 2. The van der Waals surface area contributed by atoms with Crippen molar-refractivity contribution < 1.29 is 9.47 Å². The van der Waals surface area contributed by atoms with Crippen LogP contribution in [0, 0.1) is 0 Å². The van der Waals surface area contributed by atoms with Gasteiger partial charge in [-0.1, -0.05) is 18.3 Å². The van der Waals surface area contributed by atoms with Crippen molar-refractivity contribution in [1.29, 1.82) is 0 Å². The summed E-state index contributed by atoms with van der Waals surface area (Å²) in [6.45, 7) is 7.07. The fraction of sp³-hybridized carbons (Fsp3) is 0.700. The molecular formula is C10H16N4O2S. The van der Waals surface area contributed by atoms with Gasteiger partial charge in [-0.3, -0.25) is 0 Å². The molecule has 0 unspecified atom stereocenters. The van der Waals surface area contributed by atoms with Crippen molar-refractivity contribution >= 4 is 16.3 Å². The zero-order valence-corrected chi connectivity index (χ0v) is 11.0. The molecule has 0 aliphatic rings. The number of hydrogen-bond donors (Lipinski definition) is 0. The topological polar surface area (TPSA) is 61.5 Å². The van der Waals surface area contributed by atoms with E-state index in [0.29, 0.717) is 13.2 Å². The summed E-state index contributed by atoms with van der Waals surface area (Å²) in [4.78, 5) is 0.779. The SMILES string of the molecule is CCOC(OCC)c1nn2c(CC)nnc2s1. The molecule has 0 radical (unpaired) electrons. The van der Waals surface area contributed by atoms with Crippen LogP contribution in [0.25, 0.3) is 4.96 Å². The molecule has 7 heteroatoms. The van der Waals surface area contributed by atoms with E-state index in [1.165, 1.54) is 11.3 Å². The number of hydrogen-bond acceptors (Lipinski definition) is 6. The Kier molecular flexibility index (Phi) is 4.03. The van der Waals surface area contributed by atoms with Gasteiger partial charge in [-0.15, -0.1) is 10.2 Å². The van der Waals surface area contributed by atoms with Crippen LogP contribution in [0.5, 0.6) is 0 Å². The van der Waals surface area contributed by atoms with E-state index in [-0.39, 0.29) is 0 Å². The van der Waals surface area contributed by atoms with Gasteiger partial charge in [0.25, 0.3) is 0 Å². The first kappa shape index (κ1) is 12.4. The second kappa shape index (κ2) is 5.52. The molecule has 94 valence electrons. The largest absolute Gasteiger partial charge is 0.347 e. The molecular weight excluding hydrogens is 240 g/mol. The van der Waals surface area contributed by atoms with Crippen LogP contribution >= 0.6 is 11.3 Å². The number of rotatable bonds is 6. The third kappa shape index (κ3) is 2.46. The van der Waals surface area contributed by atoms with Gasteiger partial charge in [0.05, 0.1) is 0 Å². The molecule has 0 atom stereocenters. The number of fused-ring (bicyclic) bond motifs is 1. The highest BCUT2D eigenvalue weighted by atomic mass is 32.1. The third-order valence-corrected chi connectivity index (χ3v) is 3.15. The van der Waals surface area contributed by atoms with Crippen LogP contribution in [-0.4, -0.2) is 33.0 Å². The molecule has 17 heavy (non-hydrogen) atoms. The van der Waals surface area contributed by atoms with Gasteiger partial charge in [0.2, 0.25) is 11.3 Å². The normalized spacial score (nSPS) is 11.8. The second-order valence-corrected chi connectivity index (χ2v) is 4.33. The van der Waals surface area contributed by atoms with Gasteiger partial charge in [0, 0.05) is 19.6 Å². The summed E-state index contributed by atoms with van der Waals surface area (Å²) >= 11 is 1.45. The molecule has 2 rings (SSSR count). The first-order valence-electron chi connectivity index (χ1n) is 5.74. The lowest BCUT2D eigenvalue weighted by atomic mass is 10.5. The smallest absolute Gasteiger partial charge is 0.234 e. The van der Waals surface area contributed by atoms with Crippen LogP contribution in [0.15, 0.2) is 0 Å². The molecule has 0 saturated heterocycles. The van der Waals surface area contributed by atoms with Crippen LogP contribution < -0.4 is 0 Å². The molecule has 0 bridgehead atoms. The molecule has 0 saturated carbocycles. The van der Waals surface area contributed by atoms with E-state index in [1.54, 1.807) is 4.52 Å². The van der Waals surface area contributed by atoms with Gasteiger partial charge in [-0.2, -0.15) is 9.61 Å². The Morgan fingerprint density at radius 1 is 1.18 bits per heavy atom. The van der Waals surface area contributed by atoms with Gasteiger partial charge in [-0.05, 0) is 13.8 Å². The zero-order valence-electron chi connectivity index (χ0n) is 10.2. The molecule has 2 aromatic heterocycles. The Morgan fingerprint density at radius 2 is 1.88 bits per heavy atom. The van der Waals surface area contributed by atoms with Gasteiger partial charge < -0.3 is 9.47 Å². The van der Waals surface area contributed by atoms with Crippen molar-refractivity contribution in [2.45, 2.75) is 33.5 Å². The summed E-state index contributed by atoms with van der Waals surface area (Å²) in [6, 6.07) is 0. The molecule has 0 spiro atoms. The highest BCUT2D eigenvalue weighted by Gasteiger charge is 2.19. The minimum absolute atomic E-state index is 0.401. The minimum atomic E-state index is -0.401. The first-order valence-corrected chi connectivity index (χ1v) is 6.56. The van der Waals surface area contributed by atoms with E-state index < -0.39 is 6.29 Å². The Balaban J connectivity index is 2.30. The van der Waals surface area contributed by atoms with Crippen molar-refractivity contribution in [1.82, 2.24) is 19.8 Å². The minimum Gasteiger partial charge on any atom is -0.347 e. The fourth-order valence-corrected chi connectivity index (χ4v) is 2.34. The zero-order chi connectivity index (χ0) is 12.3. The predicted octanol–water partition coefficient (Wildman–Crippen LogP) is 1.82. The first-order chi connectivity index (χ1) is 8.30. The lowest BCUT2D eigenvalue weighted by Crippen LogP contribution is -2.09. The number of aryl methyl sites for hydroxylation is 1. The van der Waals surface area contributed by atoms with Crippen molar-refractivity contribution in [2.24, 2.45) is 0 Å². The second-order valence-electron chi connectivity index (χ2n) is 3.35. The summed E-state index contributed by atoms with van der Waals surface area (Å²) in [5.41, 5.74) is 0. The summed E-state index contributed by atoms with van der Waals surface area (Å²) in [5, 5.41) is 13.3. The number of nitrogens with zero attached hydrogens (tertiary/aromatic N) is 4. The van der Waals surface area contributed by atoms with Crippen molar-refractivity contribution in [3.63, 3.8) is 0 Å². The van der Waals surface area contributed by atoms with Crippen molar-refractivity contribution in [2.75, 3.05) is 13.2 Å². The van der Waals surface area contributed by atoms with E-state index in [2.05, 4.69) is 15.3 Å². The van der Waals surface area contributed by atoms with Crippen molar-refractivity contribution in [3.8, 4) is 0 Å². The summed E-state index contributed by atoms with van der Waals surface area (Å²) in [6.07, 6.45) is 0.402. The van der Waals surface area contributed by atoms with Gasteiger partial charge >= 0.3 is 0 Å². The van der Waals surface area contributed by atoms with E-state index >= 15 is 0 Å². The van der Waals surface area contributed by atoms with E-state index in [0.717, 1.165) is 22.2 Å². The molecule has 0 aliphatic heterocycles. The van der Waals surface area contributed by atoms with Crippen LogP contribution in [0.4, 0.5) is 0 Å². The molecule has 0 aromatic carbocycles. The molecule has 0 fully saturated rings. The van der Waals surface area contributed by atoms with Gasteiger partial charge in [0.15, 0.2) is 10.8 Å². The van der Waals surface area contributed by atoms with Crippen LogP contribution in [0.3, 0.4) is 0 Å².